The van der Waals surface area contributed by atoms with Crippen molar-refractivity contribution in [1.29, 1.82) is 0 Å². The molecule has 1 saturated heterocycles. The maximum Gasteiger partial charge on any atom is 0.319 e. The standard InChI is InChI=1S/C22H19F4N7O3/c1-34-20-13(9-29-21(30-20)35-2)14-8-15(19-28-5-6-33(19)31-14)32-10-16(22(25,26)11-32)36-17-7-12(18(23)24)3-4-27-17/h3-9,16,18H,10-11H2,1-2H3. The number of imidazole rings is 1. The lowest BCUT2D eigenvalue weighted by molar-refractivity contribution is -0.0609. The van der Waals surface area contributed by atoms with Gasteiger partial charge in [-0.25, -0.2) is 37.0 Å². The van der Waals surface area contributed by atoms with E-state index in [9.17, 15) is 8.78 Å². The zero-order valence-electron chi connectivity index (χ0n) is 19.0. The Morgan fingerprint density at radius 2 is 1.92 bits per heavy atom. The second kappa shape index (κ2) is 9.09. The first-order valence-electron chi connectivity index (χ1n) is 10.6. The van der Waals surface area contributed by atoms with Crippen LogP contribution in [0.25, 0.3) is 16.9 Å². The molecular formula is C22H19F4N7O3. The summed E-state index contributed by atoms with van der Waals surface area (Å²) < 4.78 is 73.2. The van der Waals surface area contributed by atoms with Crippen molar-refractivity contribution in [1.82, 2.24) is 29.5 Å². The van der Waals surface area contributed by atoms with Gasteiger partial charge < -0.3 is 19.1 Å². The van der Waals surface area contributed by atoms with Crippen molar-refractivity contribution in [3.63, 3.8) is 0 Å². The molecule has 0 amide bonds. The fourth-order valence-corrected chi connectivity index (χ4v) is 3.88. The number of hydrogen-bond donors (Lipinski definition) is 0. The normalized spacial score (nSPS) is 17.1. The molecule has 14 heteroatoms. The minimum absolute atomic E-state index is 0.0863. The summed E-state index contributed by atoms with van der Waals surface area (Å²) in [5.74, 6) is -3.44. The van der Waals surface area contributed by atoms with E-state index in [1.165, 1.54) is 36.0 Å². The first kappa shape index (κ1) is 23.5. The first-order chi connectivity index (χ1) is 17.3. The minimum atomic E-state index is -3.31. The Morgan fingerprint density at radius 3 is 2.67 bits per heavy atom. The lowest BCUT2D eigenvalue weighted by Crippen LogP contribution is -2.36. The van der Waals surface area contributed by atoms with Gasteiger partial charge in [-0.2, -0.15) is 10.1 Å². The van der Waals surface area contributed by atoms with Crippen LogP contribution in [0.5, 0.6) is 17.8 Å². The molecule has 5 heterocycles. The van der Waals surface area contributed by atoms with Crippen LogP contribution in [0.4, 0.5) is 23.2 Å². The maximum atomic E-state index is 15.0. The summed E-state index contributed by atoms with van der Waals surface area (Å²) in [7, 11) is 2.83. The van der Waals surface area contributed by atoms with E-state index in [1.807, 2.05) is 0 Å². The summed E-state index contributed by atoms with van der Waals surface area (Å²) in [6.07, 6.45) is 1.18. The quantitative estimate of drug-likeness (QED) is 0.350. The third-order valence-corrected chi connectivity index (χ3v) is 5.60. The zero-order chi connectivity index (χ0) is 25.4. The summed E-state index contributed by atoms with van der Waals surface area (Å²) in [6, 6.07) is 3.71. The van der Waals surface area contributed by atoms with Gasteiger partial charge in [0.05, 0.1) is 38.6 Å². The maximum absolute atomic E-state index is 15.0. The number of methoxy groups -OCH3 is 2. The average Bonchev–Trinajstić information content (AvgIpc) is 3.46. The number of alkyl halides is 4. The molecule has 4 aromatic rings. The SMILES string of the molecule is COc1ncc(-c2cc(N3CC(Oc4cc(C(F)F)ccn4)C(F)(F)C3)c3nccn3n2)c(OC)n1. The van der Waals surface area contributed by atoms with Crippen molar-refractivity contribution >= 4 is 11.3 Å². The van der Waals surface area contributed by atoms with Gasteiger partial charge in [-0.3, -0.25) is 0 Å². The second-order valence-electron chi connectivity index (χ2n) is 7.87. The fourth-order valence-electron chi connectivity index (χ4n) is 3.88. The van der Waals surface area contributed by atoms with E-state index in [2.05, 4.69) is 25.0 Å². The lowest BCUT2D eigenvalue weighted by atomic mass is 10.2. The Labute approximate surface area is 201 Å². The number of nitrogens with zero attached hydrogens (tertiary/aromatic N) is 7. The van der Waals surface area contributed by atoms with Crippen LogP contribution in [0, 0.1) is 0 Å². The van der Waals surface area contributed by atoms with Crippen LogP contribution in [0.1, 0.15) is 12.0 Å². The molecule has 0 radical (unpaired) electrons. The number of rotatable bonds is 7. The fraction of sp³-hybridized carbons (Fsp3) is 0.318. The smallest absolute Gasteiger partial charge is 0.319 e. The van der Waals surface area contributed by atoms with E-state index in [0.717, 1.165) is 18.3 Å². The van der Waals surface area contributed by atoms with E-state index >= 15 is 8.78 Å². The molecule has 36 heavy (non-hydrogen) atoms. The van der Waals surface area contributed by atoms with Crippen molar-refractivity contribution in [2.45, 2.75) is 18.5 Å². The number of halogens is 4. The lowest BCUT2D eigenvalue weighted by Gasteiger charge is -2.19. The summed E-state index contributed by atoms with van der Waals surface area (Å²) in [4.78, 5) is 17.7. The molecule has 0 aliphatic carbocycles. The molecule has 1 aliphatic heterocycles. The van der Waals surface area contributed by atoms with Crippen LogP contribution in [0.3, 0.4) is 0 Å². The number of fused-ring (bicyclic) bond motifs is 1. The van der Waals surface area contributed by atoms with Crippen molar-refractivity contribution in [3.05, 3.63) is 48.5 Å². The Bertz CT molecular complexity index is 1400. The Hall–Kier alpha value is -4.23. The van der Waals surface area contributed by atoms with Gasteiger partial charge >= 0.3 is 11.9 Å². The molecule has 1 unspecified atom stereocenters. The number of ether oxygens (including phenoxy) is 3. The van der Waals surface area contributed by atoms with Crippen LogP contribution < -0.4 is 19.1 Å². The number of aromatic nitrogens is 6. The molecule has 0 N–H and O–H groups in total. The third kappa shape index (κ3) is 4.29. The minimum Gasteiger partial charge on any atom is -0.480 e. The molecule has 1 aliphatic rings. The summed E-state index contributed by atoms with van der Waals surface area (Å²) >= 11 is 0. The van der Waals surface area contributed by atoms with E-state index in [0.29, 0.717) is 22.6 Å². The van der Waals surface area contributed by atoms with E-state index in [-0.39, 0.29) is 29.9 Å². The number of pyridine rings is 1. The number of hydrogen-bond acceptors (Lipinski definition) is 9. The van der Waals surface area contributed by atoms with Crippen LogP contribution in [0.2, 0.25) is 0 Å². The van der Waals surface area contributed by atoms with Crippen LogP contribution in [0.15, 0.2) is 43.0 Å². The average molecular weight is 505 g/mol. The second-order valence-corrected chi connectivity index (χ2v) is 7.87. The van der Waals surface area contributed by atoms with E-state index in [4.69, 9.17) is 14.2 Å². The molecule has 1 fully saturated rings. The van der Waals surface area contributed by atoms with Gasteiger partial charge in [0, 0.05) is 36.4 Å². The Balaban J connectivity index is 1.50. The van der Waals surface area contributed by atoms with Crippen molar-refractivity contribution in [2.24, 2.45) is 0 Å². The van der Waals surface area contributed by atoms with Gasteiger partial charge in [-0.1, -0.05) is 0 Å². The molecule has 4 aromatic heterocycles. The summed E-state index contributed by atoms with van der Waals surface area (Å²) in [6.45, 7) is -0.954. The topological polar surface area (TPSA) is 99.8 Å². The molecule has 10 nitrogen and oxygen atoms in total. The van der Waals surface area contributed by atoms with Gasteiger partial charge in [0.15, 0.2) is 11.8 Å². The highest BCUT2D eigenvalue weighted by Crippen LogP contribution is 2.37. The van der Waals surface area contributed by atoms with Crippen molar-refractivity contribution in [3.8, 4) is 29.0 Å². The highest BCUT2D eigenvalue weighted by Gasteiger charge is 2.51. The third-order valence-electron chi connectivity index (χ3n) is 5.60. The molecule has 188 valence electrons. The van der Waals surface area contributed by atoms with Gasteiger partial charge in [0.1, 0.15) is 5.69 Å². The van der Waals surface area contributed by atoms with Gasteiger partial charge in [0.25, 0.3) is 6.43 Å². The van der Waals surface area contributed by atoms with Crippen LogP contribution >= 0.6 is 0 Å². The summed E-state index contributed by atoms with van der Waals surface area (Å²) in [5.41, 5.74) is 1.06. The number of anilines is 1. The van der Waals surface area contributed by atoms with Crippen LogP contribution in [-0.2, 0) is 0 Å². The van der Waals surface area contributed by atoms with Crippen molar-refractivity contribution < 1.29 is 31.8 Å². The van der Waals surface area contributed by atoms with Gasteiger partial charge in [0.2, 0.25) is 11.8 Å². The highest BCUT2D eigenvalue weighted by molar-refractivity contribution is 5.76. The first-order valence-corrected chi connectivity index (χ1v) is 10.6. The molecule has 0 aromatic carbocycles. The monoisotopic (exact) mass is 505 g/mol. The Kier molecular flexibility index (Phi) is 5.94. The largest absolute Gasteiger partial charge is 0.480 e. The molecule has 0 saturated carbocycles. The van der Waals surface area contributed by atoms with E-state index in [1.54, 1.807) is 12.3 Å². The predicted molar refractivity (Wildman–Crippen MR) is 118 cm³/mol. The summed E-state index contributed by atoms with van der Waals surface area (Å²) in [5, 5.41) is 4.48. The van der Waals surface area contributed by atoms with Gasteiger partial charge in [-0.15, -0.1) is 0 Å². The van der Waals surface area contributed by atoms with Crippen molar-refractivity contribution in [2.75, 3.05) is 32.2 Å². The Morgan fingerprint density at radius 1 is 1.08 bits per heavy atom. The van der Waals surface area contributed by atoms with Crippen LogP contribution in [-0.4, -0.2) is 68.9 Å². The van der Waals surface area contributed by atoms with E-state index < -0.39 is 25.0 Å². The zero-order valence-corrected chi connectivity index (χ0v) is 19.0. The van der Waals surface area contributed by atoms with Gasteiger partial charge in [-0.05, 0) is 12.1 Å². The highest BCUT2D eigenvalue weighted by atomic mass is 19.3. The molecular weight excluding hydrogens is 486 g/mol. The molecule has 1 atom stereocenters. The molecule has 5 rings (SSSR count). The molecule has 0 bridgehead atoms. The molecule has 0 spiro atoms. The predicted octanol–water partition coefficient (Wildman–Crippen LogP) is 3.44.